The topological polar surface area (TPSA) is 49.4 Å². The van der Waals surface area contributed by atoms with Crippen LogP contribution in [0.4, 0.5) is 5.69 Å². The fraction of sp³-hybridized carbons (Fsp3) is 0.125. The van der Waals surface area contributed by atoms with Crippen molar-refractivity contribution in [2.45, 2.75) is 6.54 Å². The summed E-state index contributed by atoms with van der Waals surface area (Å²) in [5.74, 6) is -0.489. The van der Waals surface area contributed by atoms with E-state index in [4.69, 9.17) is 0 Å². The Labute approximate surface area is 130 Å². The van der Waals surface area contributed by atoms with Gasteiger partial charge < -0.3 is 5.32 Å². The van der Waals surface area contributed by atoms with Crippen LogP contribution >= 0.6 is 15.9 Å². The van der Waals surface area contributed by atoms with Crippen LogP contribution in [0.1, 0.15) is 26.3 Å². The van der Waals surface area contributed by atoms with Gasteiger partial charge in [0.2, 0.25) is 0 Å². The highest BCUT2D eigenvalue weighted by Crippen LogP contribution is 2.25. The number of amides is 2. The maximum absolute atomic E-state index is 11.9. The molecule has 21 heavy (non-hydrogen) atoms. The van der Waals surface area contributed by atoms with E-state index in [1.54, 1.807) is 12.1 Å². The summed E-state index contributed by atoms with van der Waals surface area (Å²) in [6.45, 7) is 0.657. The quantitative estimate of drug-likeness (QED) is 0.869. The molecule has 1 aliphatic rings. The lowest BCUT2D eigenvalue weighted by Crippen LogP contribution is -2.24. The van der Waals surface area contributed by atoms with Gasteiger partial charge in [-0.3, -0.25) is 14.5 Å². The van der Waals surface area contributed by atoms with Gasteiger partial charge in [-0.05, 0) is 35.9 Å². The Bertz CT molecular complexity index is 726. The molecule has 1 N–H and O–H groups in total. The molecule has 0 aliphatic carbocycles. The van der Waals surface area contributed by atoms with Crippen molar-refractivity contribution in [3.05, 3.63) is 63.6 Å². The van der Waals surface area contributed by atoms with Crippen LogP contribution in [0.3, 0.4) is 0 Å². The Hall–Kier alpha value is -2.14. The smallest absolute Gasteiger partial charge is 0.261 e. The number of anilines is 1. The Morgan fingerprint density at radius 3 is 2.38 bits per heavy atom. The van der Waals surface area contributed by atoms with Crippen LogP contribution in [0.5, 0.6) is 0 Å². The SMILES string of the molecule is CN1C(=O)c2ccc(NCc3ccc(Br)cc3)cc2C1=O. The van der Waals surface area contributed by atoms with Gasteiger partial charge in [0.15, 0.2) is 0 Å². The summed E-state index contributed by atoms with van der Waals surface area (Å²) >= 11 is 3.40. The van der Waals surface area contributed by atoms with Gasteiger partial charge in [-0.2, -0.15) is 0 Å². The molecule has 4 nitrogen and oxygen atoms in total. The van der Waals surface area contributed by atoms with Crippen molar-refractivity contribution < 1.29 is 9.59 Å². The molecule has 0 bridgehead atoms. The molecule has 0 saturated heterocycles. The van der Waals surface area contributed by atoms with E-state index >= 15 is 0 Å². The molecule has 0 fully saturated rings. The molecular formula is C16H13BrN2O2. The first-order valence-electron chi connectivity index (χ1n) is 6.51. The molecule has 1 aliphatic heterocycles. The molecule has 0 spiro atoms. The van der Waals surface area contributed by atoms with Gasteiger partial charge in [-0.25, -0.2) is 0 Å². The lowest BCUT2D eigenvalue weighted by Gasteiger charge is -2.07. The predicted octanol–water partition coefficient (Wildman–Crippen LogP) is 3.29. The van der Waals surface area contributed by atoms with Crippen LogP contribution in [0.2, 0.25) is 0 Å². The van der Waals surface area contributed by atoms with E-state index in [9.17, 15) is 9.59 Å². The maximum Gasteiger partial charge on any atom is 0.261 e. The van der Waals surface area contributed by atoms with E-state index < -0.39 is 0 Å². The van der Waals surface area contributed by atoms with Crippen LogP contribution in [0.25, 0.3) is 0 Å². The average Bonchev–Trinajstić information content (AvgIpc) is 2.71. The summed E-state index contributed by atoms with van der Waals surface area (Å²) in [6, 6.07) is 13.3. The second-order valence-corrected chi connectivity index (χ2v) is 5.83. The zero-order valence-corrected chi connectivity index (χ0v) is 13.0. The number of nitrogens with zero attached hydrogens (tertiary/aromatic N) is 1. The third-order valence-corrected chi connectivity index (χ3v) is 4.03. The fourth-order valence-electron chi connectivity index (χ4n) is 2.28. The van der Waals surface area contributed by atoms with Gasteiger partial charge in [-0.15, -0.1) is 0 Å². The first-order chi connectivity index (χ1) is 10.1. The second kappa shape index (κ2) is 5.33. The molecule has 3 rings (SSSR count). The Balaban J connectivity index is 1.78. The van der Waals surface area contributed by atoms with E-state index in [-0.39, 0.29) is 11.8 Å². The van der Waals surface area contributed by atoms with Crippen molar-refractivity contribution in [3.8, 4) is 0 Å². The third kappa shape index (κ3) is 2.56. The van der Waals surface area contributed by atoms with Crippen molar-refractivity contribution in [2.24, 2.45) is 0 Å². The predicted molar refractivity (Wildman–Crippen MR) is 84.3 cm³/mol. The normalized spacial score (nSPS) is 13.5. The number of rotatable bonds is 3. The first kappa shape index (κ1) is 13.8. The van der Waals surface area contributed by atoms with E-state index in [1.165, 1.54) is 7.05 Å². The number of carbonyl (C=O) groups is 2. The number of carbonyl (C=O) groups excluding carboxylic acids is 2. The molecule has 2 aromatic rings. The third-order valence-electron chi connectivity index (χ3n) is 3.50. The number of imide groups is 1. The van der Waals surface area contributed by atoms with E-state index in [1.807, 2.05) is 30.3 Å². The zero-order valence-electron chi connectivity index (χ0n) is 11.4. The monoisotopic (exact) mass is 344 g/mol. The minimum atomic E-state index is -0.248. The molecule has 0 radical (unpaired) electrons. The van der Waals surface area contributed by atoms with Gasteiger partial charge in [0, 0.05) is 23.8 Å². The number of halogens is 1. The highest BCUT2D eigenvalue weighted by Gasteiger charge is 2.32. The first-order valence-corrected chi connectivity index (χ1v) is 7.30. The lowest BCUT2D eigenvalue weighted by atomic mass is 10.1. The minimum Gasteiger partial charge on any atom is -0.381 e. The van der Waals surface area contributed by atoms with Crippen LogP contribution in [0, 0.1) is 0 Å². The minimum absolute atomic E-state index is 0.241. The molecule has 5 heteroatoms. The van der Waals surface area contributed by atoms with E-state index in [0.29, 0.717) is 17.7 Å². The number of hydrogen-bond donors (Lipinski definition) is 1. The summed E-state index contributed by atoms with van der Waals surface area (Å²) in [4.78, 5) is 24.9. The Kier molecular flexibility index (Phi) is 3.51. The lowest BCUT2D eigenvalue weighted by molar-refractivity contribution is 0.0693. The summed E-state index contributed by atoms with van der Waals surface area (Å²) < 4.78 is 1.04. The van der Waals surface area contributed by atoms with Gasteiger partial charge in [0.25, 0.3) is 11.8 Å². The summed E-state index contributed by atoms with van der Waals surface area (Å²) in [5.41, 5.74) is 2.89. The maximum atomic E-state index is 11.9. The van der Waals surface area contributed by atoms with Crippen LogP contribution in [-0.4, -0.2) is 23.8 Å². The number of benzene rings is 2. The van der Waals surface area contributed by atoms with Crippen molar-refractivity contribution in [2.75, 3.05) is 12.4 Å². The molecular weight excluding hydrogens is 332 g/mol. The van der Waals surface area contributed by atoms with Gasteiger partial charge in [0.05, 0.1) is 11.1 Å². The molecule has 0 atom stereocenters. The molecule has 1 heterocycles. The number of fused-ring (bicyclic) bond motifs is 1. The van der Waals surface area contributed by atoms with E-state index in [0.717, 1.165) is 20.6 Å². The zero-order chi connectivity index (χ0) is 15.0. The Morgan fingerprint density at radius 2 is 1.67 bits per heavy atom. The molecule has 2 amide bonds. The summed E-state index contributed by atoms with van der Waals surface area (Å²) in [6.07, 6.45) is 0. The average molecular weight is 345 g/mol. The number of hydrogen-bond acceptors (Lipinski definition) is 3. The largest absolute Gasteiger partial charge is 0.381 e. The highest BCUT2D eigenvalue weighted by atomic mass is 79.9. The van der Waals surface area contributed by atoms with Crippen LogP contribution < -0.4 is 5.32 Å². The number of nitrogens with one attached hydrogen (secondary N) is 1. The van der Waals surface area contributed by atoms with Crippen molar-refractivity contribution in [1.29, 1.82) is 0 Å². The standard InChI is InChI=1S/C16H13BrN2O2/c1-19-15(20)13-7-6-12(8-14(13)16(19)21)18-9-10-2-4-11(17)5-3-10/h2-8,18H,9H2,1H3. The van der Waals surface area contributed by atoms with Crippen molar-refractivity contribution >= 4 is 33.4 Å². The molecule has 2 aromatic carbocycles. The van der Waals surface area contributed by atoms with Crippen LogP contribution in [0.15, 0.2) is 46.9 Å². The summed E-state index contributed by atoms with van der Waals surface area (Å²) in [5, 5.41) is 3.26. The highest BCUT2D eigenvalue weighted by molar-refractivity contribution is 9.10. The molecule has 0 saturated carbocycles. The molecule has 106 valence electrons. The second-order valence-electron chi connectivity index (χ2n) is 4.91. The van der Waals surface area contributed by atoms with Gasteiger partial charge in [0.1, 0.15) is 0 Å². The van der Waals surface area contributed by atoms with E-state index in [2.05, 4.69) is 21.2 Å². The van der Waals surface area contributed by atoms with Gasteiger partial charge in [-0.1, -0.05) is 28.1 Å². The van der Waals surface area contributed by atoms with Crippen molar-refractivity contribution in [3.63, 3.8) is 0 Å². The molecule has 0 aromatic heterocycles. The Morgan fingerprint density at radius 1 is 1.00 bits per heavy atom. The van der Waals surface area contributed by atoms with Crippen molar-refractivity contribution in [1.82, 2.24) is 4.90 Å². The molecule has 0 unspecified atom stereocenters. The van der Waals surface area contributed by atoms with Gasteiger partial charge >= 0.3 is 0 Å². The van der Waals surface area contributed by atoms with Crippen LogP contribution in [-0.2, 0) is 6.54 Å². The fourth-order valence-corrected chi connectivity index (χ4v) is 2.54. The summed E-state index contributed by atoms with van der Waals surface area (Å²) in [7, 11) is 1.50.